The molecule has 10 nitrogen and oxygen atoms in total. The lowest BCUT2D eigenvalue weighted by Gasteiger charge is -2.30. The van der Waals surface area contributed by atoms with Crippen molar-refractivity contribution in [3.63, 3.8) is 0 Å². The summed E-state index contributed by atoms with van der Waals surface area (Å²) in [6.07, 6.45) is 4.76. The van der Waals surface area contributed by atoms with Gasteiger partial charge in [-0.1, -0.05) is 0 Å². The quantitative estimate of drug-likeness (QED) is 0.513. The SMILES string of the molecule is O=C(C1CCC([N+](=O)[O-])CC1)N1CCCN(C(=O)C2CCC([N+](=O)[O-])CC2)CC1. The molecule has 0 unspecified atom stereocenters. The Balaban J connectivity index is 1.47. The van der Waals surface area contributed by atoms with Crippen LogP contribution in [0.25, 0.3) is 0 Å². The van der Waals surface area contributed by atoms with Crippen LogP contribution in [0.1, 0.15) is 57.8 Å². The second-order valence-electron chi connectivity index (χ2n) is 8.59. The fourth-order valence-electron chi connectivity index (χ4n) is 4.94. The highest BCUT2D eigenvalue weighted by molar-refractivity contribution is 5.80. The smallest absolute Gasteiger partial charge is 0.225 e. The molecule has 0 radical (unpaired) electrons. The van der Waals surface area contributed by atoms with Gasteiger partial charge in [-0.25, -0.2) is 0 Å². The van der Waals surface area contributed by atoms with Gasteiger partial charge in [-0.15, -0.1) is 0 Å². The van der Waals surface area contributed by atoms with E-state index in [1.165, 1.54) is 0 Å². The van der Waals surface area contributed by atoms with Crippen LogP contribution in [0.4, 0.5) is 0 Å². The third kappa shape index (κ3) is 5.22. The van der Waals surface area contributed by atoms with Crippen LogP contribution >= 0.6 is 0 Å². The molecule has 3 fully saturated rings. The molecular formula is C19H30N4O6. The highest BCUT2D eigenvalue weighted by atomic mass is 16.6. The Morgan fingerprint density at radius 3 is 1.28 bits per heavy atom. The molecule has 3 rings (SSSR count). The van der Waals surface area contributed by atoms with Gasteiger partial charge in [0.05, 0.1) is 0 Å². The van der Waals surface area contributed by atoms with Gasteiger partial charge in [-0.2, -0.15) is 0 Å². The van der Waals surface area contributed by atoms with Crippen molar-refractivity contribution in [2.24, 2.45) is 11.8 Å². The lowest BCUT2D eigenvalue weighted by molar-refractivity contribution is -0.526. The van der Waals surface area contributed by atoms with Crippen molar-refractivity contribution in [2.45, 2.75) is 69.9 Å². The summed E-state index contributed by atoms with van der Waals surface area (Å²) in [6.45, 7) is 2.19. The first-order chi connectivity index (χ1) is 13.9. The maximum absolute atomic E-state index is 12.8. The molecule has 0 bridgehead atoms. The predicted octanol–water partition coefficient (Wildman–Crippen LogP) is 1.72. The molecule has 0 spiro atoms. The number of rotatable bonds is 4. The highest BCUT2D eigenvalue weighted by Gasteiger charge is 2.36. The molecule has 0 aromatic carbocycles. The fourth-order valence-corrected chi connectivity index (χ4v) is 4.94. The number of amides is 2. The lowest BCUT2D eigenvalue weighted by atomic mass is 9.85. The van der Waals surface area contributed by atoms with E-state index < -0.39 is 12.1 Å². The van der Waals surface area contributed by atoms with E-state index in [4.69, 9.17) is 0 Å². The fraction of sp³-hybridized carbons (Fsp3) is 0.895. The summed E-state index contributed by atoms with van der Waals surface area (Å²) < 4.78 is 0. The molecule has 1 aliphatic heterocycles. The monoisotopic (exact) mass is 410 g/mol. The number of hydrogen-bond donors (Lipinski definition) is 0. The van der Waals surface area contributed by atoms with Crippen molar-refractivity contribution in [3.05, 3.63) is 20.2 Å². The topological polar surface area (TPSA) is 127 Å². The molecule has 0 aromatic heterocycles. The molecule has 0 aromatic rings. The molecule has 162 valence electrons. The molecule has 0 N–H and O–H groups in total. The van der Waals surface area contributed by atoms with Crippen molar-refractivity contribution in [3.8, 4) is 0 Å². The molecule has 0 atom stereocenters. The van der Waals surface area contributed by atoms with Gasteiger partial charge in [0.25, 0.3) is 0 Å². The normalized spacial score (nSPS) is 31.0. The van der Waals surface area contributed by atoms with Gasteiger partial charge in [0.2, 0.25) is 23.9 Å². The van der Waals surface area contributed by atoms with Crippen molar-refractivity contribution in [1.82, 2.24) is 9.80 Å². The van der Waals surface area contributed by atoms with Gasteiger partial charge in [-0.3, -0.25) is 29.8 Å². The van der Waals surface area contributed by atoms with Crippen LogP contribution in [0.3, 0.4) is 0 Å². The Labute approximate surface area is 169 Å². The van der Waals surface area contributed by atoms with Crippen molar-refractivity contribution in [2.75, 3.05) is 26.2 Å². The zero-order valence-corrected chi connectivity index (χ0v) is 16.7. The Morgan fingerprint density at radius 1 is 0.621 bits per heavy atom. The average Bonchev–Trinajstić information content (AvgIpc) is 2.99. The van der Waals surface area contributed by atoms with Gasteiger partial charge < -0.3 is 9.80 Å². The number of carbonyl (C=O) groups is 2. The minimum atomic E-state index is -0.526. The van der Waals surface area contributed by atoms with Crippen molar-refractivity contribution >= 4 is 11.8 Å². The number of nitro groups is 2. The van der Waals surface area contributed by atoms with Gasteiger partial charge in [-0.05, 0) is 32.1 Å². The zero-order chi connectivity index (χ0) is 21.0. The van der Waals surface area contributed by atoms with Crippen LogP contribution < -0.4 is 0 Å². The molecule has 3 aliphatic rings. The Kier molecular flexibility index (Phi) is 7.02. The summed E-state index contributed by atoms with van der Waals surface area (Å²) >= 11 is 0. The molecule has 1 saturated heterocycles. The van der Waals surface area contributed by atoms with Crippen LogP contribution in [0.2, 0.25) is 0 Å². The zero-order valence-electron chi connectivity index (χ0n) is 16.7. The van der Waals surface area contributed by atoms with Gasteiger partial charge >= 0.3 is 0 Å². The molecule has 1 heterocycles. The number of hydrogen-bond acceptors (Lipinski definition) is 6. The van der Waals surface area contributed by atoms with E-state index in [0.717, 1.165) is 0 Å². The molecular weight excluding hydrogens is 380 g/mol. The van der Waals surface area contributed by atoms with Crippen LogP contribution in [-0.2, 0) is 9.59 Å². The minimum absolute atomic E-state index is 0.0626. The van der Waals surface area contributed by atoms with Crippen LogP contribution in [0, 0.1) is 32.1 Å². The first-order valence-electron chi connectivity index (χ1n) is 10.7. The third-order valence-electron chi connectivity index (χ3n) is 6.81. The summed E-state index contributed by atoms with van der Waals surface area (Å²) in [5, 5.41) is 21.8. The Bertz CT molecular complexity index is 587. The van der Waals surface area contributed by atoms with E-state index in [1.807, 2.05) is 9.80 Å². The third-order valence-corrected chi connectivity index (χ3v) is 6.81. The Hall–Kier alpha value is -2.26. The van der Waals surface area contributed by atoms with Gasteiger partial charge in [0, 0.05) is 73.5 Å². The number of carbonyl (C=O) groups excluding carboxylic acids is 2. The highest BCUT2D eigenvalue weighted by Crippen LogP contribution is 2.29. The lowest BCUT2D eigenvalue weighted by Crippen LogP contribution is -2.43. The largest absolute Gasteiger partial charge is 0.341 e. The summed E-state index contributed by atoms with van der Waals surface area (Å²) in [7, 11) is 0. The standard InChI is InChI=1S/C19H30N4O6/c24-18(14-2-6-16(7-3-14)22(26)27)20-10-1-11-21(13-12-20)19(25)15-4-8-17(9-5-15)23(28)29/h14-17H,1-13H2. The van der Waals surface area contributed by atoms with E-state index in [0.29, 0.717) is 84.0 Å². The second-order valence-corrected chi connectivity index (χ2v) is 8.59. The average molecular weight is 410 g/mol. The first-order valence-corrected chi connectivity index (χ1v) is 10.7. The number of nitrogens with zero attached hydrogens (tertiary/aromatic N) is 4. The van der Waals surface area contributed by atoms with Crippen molar-refractivity contribution in [1.29, 1.82) is 0 Å². The van der Waals surface area contributed by atoms with E-state index >= 15 is 0 Å². The summed E-state index contributed by atoms with van der Waals surface area (Å²) in [5.41, 5.74) is 0. The first kappa shape index (κ1) is 21.4. The van der Waals surface area contributed by atoms with Crippen LogP contribution in [-0.4, -0.2) is 69.7 Å². The van der Waals surface area contributed by atoms with Crippen molar-refractivity contribution < 1.29 is 19.4 Å². The van der Waals surface area contributed by atoms with E-state index in [1.54, 1.807) is 0 Å². The van der Waals surface area contributed by atoms with Crippen LogP contribution in [0.5, 0.6) is 0 Å². The molecule has 29 heavy (non-hydrogen) atoms. The van der Waals surface area contributed by atoms with E-state index in [-0.39, 0.29) is 33.5 Å². The maximum Gasteiger partial charge on any atom is 0.225 e. The molecule has 2 amide bonds. The van der Waals surface area contributed by atoms with E-state index in [2.05, 4.69) is 0 Å². The van der Waals surface area contributed by atoms with Gasteiger partial charge in [0.15, 0.2) is 0 Å². The molecule has 10 heteroatoms. The summed E-state index contributed by atoms with van der Waals surface area (Å²) in [6, 6.07) is -1.05. The Morgan fingerprint density at radius 2 is 0.966 bits per heavy atom. The van der Waals surface area contributed by atoms with Gasteiger partial charge in [0.1, 0.15) is 0 Å². The maximum atomic E-state index is 12.8. The van der Waals surface area contributed by atoms with E-state index in [9.17, 15) is 29.8 Å². The minimum Gasteiger partial charge on any atom is -0.341 e. The summed E-state index contributed by atoms with van der Waals surface area (Å²) in [5.74, 6) is -0.170. The summed E-state index contributed by atoms with van der Waals surface area (Å²) in [4.78, 5) is 50.6. The second kappa shape index (κ2) is 9.49. The van der Waals surface area contributed by atoms with Crippen LogP contribution in [0.15, 0.2) is 0 Å². The molecule has 2 saturated carbocycles. The predicted molar refractivity (Wildman–Crippen MR) is 103 cm³/mol. The molecule has 2 aliphatic carbocycles.